The lowest BCUT2D eigenvalue weighted by Crippen LogP contribution is -2.41. The van der Waals surface area contributed by atoms with Gasteiger partial charge in [0.05, 0.1) is 0 Å². The van der Waals surface area contributed by atoms with Crippen LogP contribution in [0.25, 0.3) is 0 Å². The Kier molecular flexibility index (Phi) is 6.27. The van der Waals surface area contributed by atoms with Crippen molar-refractivity contribution in [3.05, 3.63) is 21.4 Å². The molecule has 1 fully saturated rings. The molecule has 2 rings (SSSR count). The molecular formula is C18H32N2S. The minimum atomic E-state index is 0.723. The van der Waals surface area contributed by atoms with Gasteiger partial charge in [-0.25, -0.2) is 0 Å². The summed E-state index contributed by atoms with van der Waals surface area (Å²) in [6.45, 7) is 16.1. The highest BCUT2D eigenvalue weighted by Gasteiger charge is 2.25. The maximum atomic E-state index is 3.56. The maximum absolute atomic E-state index is 3.56. The van der Waals surface area contributed by atoms with Gasteiger partial charge in [0.1, 0.15) is 0 Å². The molecule has 1 aromatic heterocycles. The van der Waals surface area contributed by atoms with Crippen molar-refractivity contribution in [3.8, 4) is 0 Å². The van der Waals surface area contributed by atoms with Crippen LogP contribution in [0.2, 0.25) is 0 Å². The van der Waals surface area contributed by atoms with Gasteiger partial charge in [-0.2, -0.15) is 0 Å². The average Bonchev–Trinajstić information content (AvgIpc) is 2.75. The van der Waals surface area contributed by atoms with Crippen LogP contribution in [0.3, 0.4) is 0 Å². The normalized spacial score (nSPS) is 23.9. The number of hydrogen-bond acceptors (Lipinski definition) is 3. The van der Waals surface area contributed by atoms with Gasteiger partial charge in [-0.3, -0.25) is 4.90 Å². The van der Waals surface area contributed by atoms with Crippen LogP contribution >= 0.6 is 11.3 Å². The van der Waals surface area contributed by atoms with E-state index in [0.29, 0.717) is 0 Å². The van der Waals surface area contributed by atoms with E-state index in [2.05, 4.69) is 50.9 Å². The van der Waals surface area contributed by atoms with Gasteiger partial charge in [-0.15, -0.1) is 11.3 Å². The average molecular weight is 309 g/mol. The van der Waals surface area contributed by atoms with Crippen LogP contribution in [0.15, 0.2) is 6.07 Å². The third kappa shape index (κ3) is 4.80. The minimum absolute atomic E-state index is 0.723. The van der Waals surface area contributed by atoms with E-state index in [4.69, 9.17) is 0 Å². The first-order chi connectivity index (χ1) is 9.97. The summed E-state index contributed by atoms with van der Waals surface area (Å²) >= 11 is 1.97. The van der Waals surface area contributed by atoms with Crippen molar-refractivity contribution in [2.45, 2.75) is 66.6 Å². The molecule has 2 heterocycles. The van der Waals surface area contributed by atoms with Crippen molar-refractivity contribution >= 4 is 11.3 Å². The first-order valence-electron chi connectivity index (χ1n) is 8.50. The minimum Gasteiger partial charge on any atom is -0.312 e. The molecular weight excluding hydrogens is 276 g/mol. The smallest absolute Gasteiger partial charge is 0.0300 e. The standard InChI is InChI=1S/C18H32N2S/c1-13(2)10-19-11-18-9-17(16(5)21-18)12-20-8-6-7-14(3)15(20)4/h9,13-15,19H,6-8,10-12H2,1-5H3. The number of nitrogens with one attached hydrogen (secondary N) is 1. The molecule has 1 aliphatic heterocycles. The molecule has 0 spiro atoms. The fraction of sp³-hybridized carbons (Fsp3) is 0.778. The Bertz CT molecular complexity index is 438. The topological polar surface area (TPSA) is 15.3 Å². The number of thiophene rings is 1. The van der Waals surface area contributed by atoms with E-state index in [0.717, 1.165) is 37.5 Å². The Balaban J connectivity index is 1.92. The second-order valence-corrected chi connectivity index (χ2v) is 8.49. The van der Waals surface area contributed by atoms with E-state index in [9.17, 15) is 0 Å². The molecule has 0 aromatic carbocycles. The van der Waals surface area contributed by atoms with Gasteiger partial charge in [0.25, 0.3) is 0 Å². The quantitative estimate of drug-likeness (QED) is 0.836. The van der Waals surface area contributed by atoms with Crippen molar-refractivity contribution in [1.82, 2.24) is 10.2 Å². The number of nitrogens with zero attached hydrogens (tertiary/aromatic N) is 1. The van der Waals surface area contributed by atoms with E-state index >= 15 is 0 Å². The van der Waals surface area contributed by atoms with E-state index < -0.39 is 0 Å². The van der Waals surface area contributed by atoms with Crippen molar-refractivity contribution in [2.24, 2.45) is 11.8 Å². The van der Waals surface area contributed by atoms with Crippen molar-refractivity contribution in [3.63, 3.8) is 0 Å². The third-order valence-electron chi connectivity index (χ3n) is 4.80. The van der Waals surface area contributed by atoms with Crippen LogP contribution in [-0.4, -0.2) is 24.0 Å². The summed E-state index contributed by atoms with van der Waals surface area (Å²) in [7, 11) is 0. The highest BCUT2D eigenvalue weighted by molar-refractivity contribution is 7.12. The SMILES string of the molecule is Cc1sc(CNCC(C)C)cc1CN1CCCC(C)C1C. The molecule has 2 nitrogen and oxygen atoms in total. The summed E-state index contributed by atoms with van der Waals surface area (Å²) in [5, 5.41) is 3.56. The van der Waals surface area contributed by atoms with Gasteiger partial charge >= 0.3 is 0 Å². The van der Waals surface area contributed by atoms with Crippen LogP contribution < -0.4 is 5.32 Å². The second-order valence-electron chi connectivity index (χ2n) is 7.15. The fourth-order valence-corrected chi connectivity index (χ4v) is 4.20. The summed E-state index contributed by atoms with van der Waals surface area (Å²) in [6.07, 6.45) is 2.75. The van der Waals surface area contributed by atoms with Crippen molar-refractivity contribution < 1.29 is 0 Å². The lowest BCUT2D eigenvalue weighted by atomic mass is 9.92. The highest BCUT2D eigenvalue weighted by Crippen LogP contribution is 2.28. The molecule has 1 aromatic rings. The third-order valence-corrected chi connectivity index (χ3v) is 5.89. The Hall–Kier alpha value is -0.380. The monoisotopic (exact) mass is 308 g/mol. The molecule has 0 radical (unpaired) electrons. The van der Waals surface area contributed by atoms with E-state index in [1.165, 1.54) is 29.1 Å². The van der Waals surface area contributed by atoms with Crippen LogP contribution in [0.4, 0.5) is 0 Å². The van der Waals surface area contributed by atoms with E-state index in [-0.39, 0.29) is 0 Å². The predicted octanol–water partition coefficient (Wildman–Crippen LogP) is 4.42. The van der Waals surface area contributed by atoms with Gasteiger partial charge in [-0.05, 0) is 63.2 Å². The summed E-state index contributed by atoms with van der Waals surface area (Å²) in [5.74, 6) is 1.56. The first kappa shape index (κ1) is 17.0. The van der Waals surface area contributed by atoms with Crippen molar-refractivity contribution in [1.29, 1.82) is 0 Å². The molecule has 21 heavy (non-hydrogen) atoms. The van der Waals surface area contributed by atoms with Gasteiger partial charge in [-0.1, -0.05) is 20.8 Å². The van der Waals surface area contributed by atoms with Crippen LogP contribution in [0, 0.1) is 18.8 Å². The zero-order valence-corrected chi connectivity index (χ0v) is 15.2. The molecule has 0 saturated carbocycles. The highest BCUT2D eigenvalue weighted by atomic mass is 32.1. The Labute approximate surface area is 134 Å². The number of rotatable bonds is 6. The molecule has 120 valence electrons. The molecule has 0 bridgehead atoms. The summed E-state index contributed by atoms with van der Waals surface area (Å²) in [5.41, 5.74) is 1.54. The maximum Gasteiger partial charge on any atom is 0.0300 e. The van der Waals surface area contributed by atoms with Crippen LogP contribution in [-0.2, 0) is 13.1 Å². The second kappa shape index (κ2) is 7.75. The van der Waals surface area contributed by atoms with Gasteiger partial charge in [0.15, 0.2) is 0 Å². The van der Waals surface area contributed by atoms with Crippen LogP contribution in [0.1, 0.15) is 55.9 Å². The first-order valence-corrected chi connectivity index (χ1v) is 9.32. The number of likely N-dealkylation sites (tertiary alicyclic amines) is 1. The van der Waals surface area contributed by atoms with Crippen molar-refractivity contribution in [2.75, 3.05) is 13.1 Å². The zero-order valence-electron chi connectivity index (χ0n) is 14.4. The summed E-state index contributed by atoms with van der Waals surface area (Å²) < 4.78 is 0. The molecule has 1 saturated heterocycles. The fourth-order valence-electron chi connectivity index (χ4n) is 3.18. The molecule has 3 heteroatoms. The van der Waals surface area contributed by atoms with Gasteiger partial charge in [0.2, 0.25) is 0 Å². The summed E-state index contributed by atoms with van der Waals surface area (Å²) in [4.78, 5) is 5.66. The summed E-state index contributed by atoms with van der Waals surface area (Å²) in [6, 6.07) is 3.15. The lowest BCUT2D eigenvalue weighted by molar-refractivity contribution is 0.106. The largest absolute Gasteiger partial charge is 0.312 e. The molecule has 0 amide bonds. The molecule has 1 N–H and O–H groups in total. The molecule has 2 atom stereocenters. The number of hydrogen-bond donors (Lipinski definition) is 1. The number of piperidine rings is 1. The lowest BCUT2D eigenvalue weighted by Gasteiger charge is -2.37. The van der Waals surface area contributed by atoms with E-state index in [1.54, 1.807) is 5.56 Å². The predicted molar refractivity (Wildman–Crippen MR) is 93.9 cm³/mol. The molecule has 0 aliphatic carbocycles. The van der Waals surface area contributed by atoms with E-state index in [1.807, 2.05) is 11.3 Å². The Morgan fingerprint density at radius 1 is 1.38 bits per heavy atom. The van der Waals surface area contributed by atoms with Crippen LogP contribution in [0.5, 0.6) is 0 Å². The van der Waals surface area contributed by atoms with Gasteiger partial charge < -0.3 is 5.32 Å². The van der Waals surface area contributed by atoms with Gasteiger partial charge in [0, 0.05) is 28.9 Å². The zero-order chi connectivity index (χ0) is 15.4. The Morgan fingerprint density at radius 2 is 2.14 bits per heavy atom. The molecule has 2 unspecified atom stereocenters. The molecule has 1 aliphatic rings. The number of aryl methyl sites for hydroxylation is 1. The Morgan fingerprint density at radius 3 is 2.86 bits per heavy atom.